The van der Waals surface area contributed by atoms with Crippen LogP contribution in [0.3, 0.4) is 0 Å². The Morgan fingerprint density at radius 3 is 2.29 bits per heavy atom. The Morgan fingerprint density at radius 2 is 1.76 bits per heavy atom. The Morgan fingerprint density at radius 1 is 1.18 bits per heavy atom. The van der Waals surface area contributed by atoms with E-state index in [9.17, 15) is 4.79 Å². The lowest BCUT2D eigenvalue weighted by atomic mass is 10.1. The third-order valence-corrected chi connectivity index (χ3v) is 2.31. The first-order chi connectivity index (χ1) is 8.04. The van der Waals surface area contributed by atoms with Crippen LogP contribution < -0.4 is 5.43 Å². The molecule has 1 aromatic carbocycles. The summed E-state index contributed by atoms with van der Waals surface area (Å²) in [5.41, 5.74) is 4.82. The van der Waals surface area contributed by atoms with Gasteiger partial charge in [0, 0.05) is 5.56 Å². The lowest BCUT2D eigenvalue weighted by molar-refractivity contribution is 0.0955. The quantitative estimate of drug-likeness (QED) is 0.475. The van der Waals surface area contributed by atoms with Crippen LogP contribution in [0.2, 0.25) is 0 Å². The standard InChI is InChI=1S/C12H15N3O2/c1-8-4-6-11(7-5-8)12(16)14-13-9(2)10(3)15-17/h4-7,17H,1-3H3,(H,14,16). The van der Waals surface area contributed by atoms with Crippen molar-refractivity contribution in [2.45, 2.75) is 20.8 Å². The normalized spacial score (nSPS) is 12.4. The number of benzene rings is 1. The Hall–Kier alpha value is -2.17. The molecule has 0 aliphatic heterocycles. The molecule has 0 heterocycles. The van der Waals surface area contributed by atoms with Crippen molar-refractivity contribution in [2.24, 2.45) is 10.3 Å². The molecule has 90 valence electrons. The van der Waals surface area contributed by atoms with Gasteiger partial charge in [-0.2, -0.15) is 5.10 Å². The molecule has 0 bridgehead atoms. The lowest BCUT2D eigenvalue weighted by Gasteiger charge is -2.02. The van der Waals surface area contributed by atoms with Crippen molar-refractivity contribution in [3.05, 3.63) is 35.4 Å². The van der Waals surface area contributed by atoms with E-state index >= 15 is 0 Å². The smallest absolute Gasteiger partial charge is 0.271 e. The van der Waals surface area contributed by atoms with Crippen LogP contribution in [0.25, 0.3) is 0 Å². The molecule has 1 amide bonds. The number of carbonyl (C=O) groups excluding carboxylic acids is 1. The van der Waals surface area contributed by atoms with Crippen LogP contribution >= 0.6 is 0 Å². The van der Waals surface area contributed by atoms with Gasteiger partial charge < -0.3 is 5.21 Å². The second-order valence-electron chi connectivity index (χ2n) is 3.69. The number of oxime groups is 1. The summed E-state index contributed by atoms with van der Waals surface area (Å²) in [6.07, 6.45) is 0. The Balaban J connectivity index is 2.71. The van der Waals surface area contributed by atoms with Crippen LogP contribution in [0.4, 0.5) is 0 Å². The molecule has 17 heavy (non-hydrogen) atoms. The fourth-order valence-electron chi connectivity index (χ4n) is 1.06. The first-order valence-electron chi connectivity index (χ1n) is 5.15. The van der Waals surface area contributed by atoms with Gasteiger partial charge in [0.1, 0.15) is 0 Å². The maximum Gasteiger partial charge on any atom is 0.271 e. The summed E-state index contributed by atoms with van der Waals surface area (Å²) in [5.74, 6) is -0.296. The van der Waals surface area contributed by atoms with Gasteiger partial charge in [0.15, 0.2) is 0 Å². The molecular weight excluding hydrogens is 218 g/mol. The summed E-state index contributed by atoms with van der Waals surface area (Å²) in [4.78, 5) is 11.7. The summed E-state index contributed by atoms with van der Waals surface area (Å²) in [7, 11) is 0. The van der Waals surface area contributed by atoms with Gasteiger partial charge in [0.2, 0.25) is 0 Å². The van der Waals surface area contributed by atoms with Gasteiger partial charge in [-0.15, -0.1) is 0 Å². The molecule has 2 N–H and O–H groups in total. The van der Waals surface area contributed by atoms with Gasteiger partial charge in [-0.3, -0.25) is 4.79 Å². The molecule has 0 atom stereocenters. The van der Waals surface area contributed by atoms with E-state index in [2.05, 4.69) is 15.7 Å². The molecule has 0 aromatic heterocycles. The van der Waals surface area contributed by atoms with Gasteiger partial charge in [0.05, 0.1) is 11.4 Å². The summed E-state index contributed by atoms with van der Waals surface area (Å²) >= 11 is 0. The van der Waals surface area contributed by atoms with Gasteiger partial charge in [-0.1, -0.05) is 22.9 Å². The van der Waals surface area contributed by atoms with E-state index in [-0.39, 0.29) is 5.91 Å². The molecule has 0 aliphatic rings. The van der Waals surface area contributed by atoms with E-state index in [0.29, 0.717) is 17.0 Å². The second-order valence-corrected chi connectivity index (χ2v) is 3.69. The number of amides is 1. The molecule has 0 saturated heterocycles. The number of rotatable bonds is 3. The molecule has 0 aliphatic carbocycles. The van der Waals surface area contributed by atoms with E-state index in [4.69, 9.17) is 5.21 Å². The van der Waals surface area contributed by atoms with Crippen LogP contribution in [0, 0.1) is 6.92 Å². The third-order valence-electron chi connectivity index (χ3n) is 2.31. The summed E-state index contributed by atoms with van der Waals surface area (Å²) in [6.45, 7) is 5.19. The SMILES string of the molecule is CC(=NO)C(C)=NNC(=O)c1ccc(C)cc1. The average molecular weight is 233 g/mol. The van der Waals surface area contributed by atoms with Gasteiger partial charge in [0.25, 0.3) is 5.91 Å². The molecule has 0 spiro atoms. The minimum Gasteiger partial charge on any atom is -0.411 e. The fourth-order valence-corrected chi connectivity index (χ4v) is 1.06. The van der Waals surface area contributed by atoms with E-state index in [1.807, 2.05) is 19.1 Å². The van der Waals surface area contributed by atoms with Crippen molar-refractivity contribution in [2.75, 3.05) is 0 Å². The molecule has 5 heteroatoms. The minimum absolute atomic E-state index is 0.296. The maximum absolute atomic E-state index is 11.7. The number of nitrogens with zero attached hydrogens (tertiary/aromatic N) is 2. The van der Waals surface area contributed by atoms with Crippen molar-refractivity contribution < 1.29 is 10.0 Å². The third kappa shape index (κ3) is 3.71. The zero-order valence-corrected chi connectivity index (χ0v) is 10.1. The van der Waals surface area contributed by atoms with Crippen LogP contribution in [-0.4, -0.2) is 22.5 Å². The van der Waals surface area contributed by atoms with Gasteiger partial charge in [-0.25, -0.2) is 5.43 Å². The molecule has 0 unspecified atom stereocenters. The number of hydrogen-bond acceptors (Lipinski definition) is 4. The first kappa shape index (κ1) is 12.9. The number of hydrogen-bond donors (Lipinski definition) is 2. The number of carbonyl (C=O) groups is 1. The topological polar surface area (TPSA) is 74.1 Å². The molecule has 0 saturated carbocycles. The highest BCUT2D eigenvalue weighted by Crippen LogP contribution is 2.02. The predicted molar refractivity (Wildman–Crippen MR) is 66.6 cm³/mol. The van der Waals surface area contributed by atoms with Crippen LogP contribution in [0.5, 0.6) is 0 Å². The number of nitrogens with one attached hydrogen (secondary N) is 1. The molecule has 0 radical (unpaired) electrons. The van der Waals surface area contributed by atoms with E-state index < -0.39 is 0 Å². The highest BCUT2D eigenvalue weighted by atomic mass is 16.4. The predicted octanol–water partition coefficient (Wildman–Crippen LogP) is 1.95. The molecule has 0 fully saturated rings. The highest BCUT2D eigenvalue weighted by molar-refractivity contribution is 6.40. The van der Waals surface area contributed by atoms with Gasteiger partial charge >= 0.3 is 0 Å². The Bertz CT molecular complexity index is 461. The van der Waals surface area contributed by atoms with E-state index in [1.165, 1.54) is 0 Å². The lowest BCUT2D eigenvalue weighted by Crippen LogP contribution is -2.21. The van der Waals surface area contributed by atoms with Crippen molar-refractivity contribution in [1.82, 2.24) is 5.43 Å². The largest absolute Gasteiger partial charge is 0.411 e. The maximum atomic E-state index is 11.7. The first-order valence-corrected chi connectivity index (χ1v) is 5.15. The zero-order valence-electron chi connectivity index (χ0n) is 10.1. The van der Waals surface area contributed by atoms with Crippen molar-refractivity contribution in [1.29, 1.82) is 0 Å². The average Bonchev–Trinajstić information content (AvgIpc) is 2.35. The van der Waals surface area contributed by atoms with Crippen LogP contribution in [0.15, 0.2) is 34.5 Å². The van der Waals surface area contributed by atoms with Crippen molar-refractivity contribution in [3.8, 4) is 0 Å². The fraction of sp³-hybridized carbons (Fsp3) is 0.250. The van der Waals surface area contributed by atoms with Crippen molar-refractivity contribution in [3.63, 3.8) is 0 Å². The molecular formula is C12H15N3O2. The van der Waals surface area contributed by atoms with E-state index in [1.54, 1.807) is 26.0 Å². The molecule has 5 nitrogen and oxygen atoms in total. The zero-order chi connectivity index (χ0) is 12.8. The Labute approximate surface area is 99.8 Å². The molecule has 1 rings (SSSR count). The highest BCUT2D eigenvalue weighted by Gasteiger charge is 2.04. The summed E-state index contributed by atoms with van der Waals surface area (Å²) < 4.78 is 0. The monoisotopic (exact) mass is 233 g/mol. The summed E-state index contributed by atoms with van der Waals surface area (Å²) in [5, 5.41) is 15.3. The summed E-state index contributed by atoms with van der Waals surface area (Å²) in [6, 6.07) is 7.16. The van der Waals surface area contributed by atoms with E-state index in [0.717, 1.165) is 5.56 Å². The molecule has 1 aromatic rings. The minimum atomic E-state index is -0.296. The second kappa shape index (κ2) is 5.79. The Kier molecular flexibility index (Phi) is 4.39. The number of aryl methyl sites for hydroxylation is 1. The van der Waals surface area contributed by atoms with Gasteiger partial charge in [-0.05, 0) is 32.9 Å². The van der Waals surface area contributed by atoms with Crippen LogP contribution in [0.1, 0.15) is 29.8 Å². The van der Waals surface area contributed by atoms with Crippen molar-refractivity contribution >= 4 is 17.3 Å². The number of hydrazone groups is 1. The van der Waals surface area contributed by atoms with Crippen LogP contribution in [-0.2, 0) is 0 Å².